The first-order valence-corrected chi connectivity index (χ1v) is 23.9. The third-order valence-corrected chi connectivity index (χ3v) is 18.6. The lowest BCUT2D eigenvalue weighted by atomic mass is 10.1. The molecule has 0 bridgehead atoms. The Balaban J connectivity index is 1.04. The second-order valence-corrected chi connectivity index (χ2v) is 20.6. The molecule has 0 fully saturated rings. The Labute approximate surface area is 369 Å². The predicted molar refractivity (Wildman–Crippen MR) is 268 cm³/mol. The molecule has 0 saturated heterocycles. The molecule has 1 atom stereocenters. The molecular formula is C58H37N5Si. The topological polar surface area (TPSA) is 40.6 Å². The molecule has 0 spiro atoms. The van der Waals surface area contributed by atoms with E-state index in [1.165, 1.54) is 69.8 Å². The Bertz CT molecular complexity index is 3790. The molecule has 9 aromatic carbocycles. The van der Waals surface area contributed by atoms with Gasteiger partial charge in [0.1, 0.15) is 5.82 Å². The Morgan fingerprint density at radius 3 is 1.39 bits per heavy atom. The Hall–Kier alpha value is -8.32. The van der Waals surface area contributed by atoms with Crippen LogP contribution in [-0.4, -0.2) is 31.7 Å². The molecule has 5 heterocycles. The second kappa shape index (κ2) is 13.3. The summed E-state index contributed by atoms with van der Waals surface area (Å²) in [6.07, 6.45) is 0. The first-order chi connectivity index (χ1) is 31.8. The molecule has 0 radical (unpaired) electrons. The normalized spacial score (nSPS) is 14.6. The van der Waals surface area contributed by atoms with Gasteiger partial charge in [0.05, 0.1) is 38.8 Å². The largest absolute Gasteiger partial charge is 0.309 e. The van der Waals surface area contributed by atoms with Gasteiger partial charge in [0.25, 0.3) is 0 Å². The summed E-state index contributed by atoms with van der Waals surface area (Å²) >= 11 is 0. The standard InChI is InChI=1S/C58H37N5Si/c1-2-17-39(18-3-1)64(54-31-15-14-30-53(54)62-50-27-11-8-23-45(50)46-24-16-32-55(64)57(46)62)40-35-33-38(34-36-40)47-37-56(61-48-25-9-4-19-41(48)42-20-5-10-26-49(42)61)60-58(59-47)63-51-28-12-6-21-43(51)44-22-7-13-29-52(44)63/h1-37H. The van der Waals surface area contributed by atoms with Gasteiger partial charge in [0, 0.05) is 49.6 Å². The van der Waals surface area contributed by atoms with Crippen LogP contribution in [0.2, 0.25) is 0 Å². The lowest BCUT2D eigenvalue weighted by Crippen LogP contribution is -2.76. The summed E-state index contributed by atoms with van der Waals surface area (Å²) < 4.78 is 7.05. The average molecular weight is 832 g/mol. The maximum Gasteiger partial charge on any atom is 0.237 e. The number of fused-ring (bicyclic) bond motifs is 11. The van der Waals surface area contributed by atoms with Crippen LogP contribution >= 0.6 is 0 Å². The van der Waals surface area contributed by atoms with Crippen LogP contribution in [0.25, 0.3) is 94.1 Å². The van der Waals surface area contributed by atoms with Crippen molar-refractivity contribution in [2.75, 3.05) is 0 Å². The van der Waals surface area contributed by atoms with Crippen molar-refractivity contribution >= 4 is 94.2 Å². The van der Waals surface area contributed by atoms with Gasteiger partial charge in [0.2, 0.25) is 5.95 Å². The van der Waals surface area contributed by atoms with Gasteiger partial charge in [-0.25, -0.2) is 4.98 Å². The van der Waals surface area contributed by atoms with E-state index in [9.17, 15) is 0 Å². The van der Waals surface area contributed by atoms with E-state index in [1.807, 2.05) is 0 Å². The molecule has 0 amide bonds. The fraction of sp³-hybridized carbons (Fsp3) is 0. The first kappa shape index (κ1) is 35.3. The molecule has 0 saturated carbocycles. The third-order valence-electron chi connectivity index (χ3n) is 13.8. The molecule has 1 aliphatic heterocycles. The van der Waals surface area contributed by atoms with E-state index in [4.69, 9.17) is 9.97 Å². The van der Waals surface area contributed by atoms with Crippen molar-refractivity contribution in [2.45, 2.75) is 0 Å². The Morgan fingerprint density at radius 1 is 0.328 bits per heavy atom. The minimum Gasteiger partial charge on any atom is -0.309 e. The van der Waals surface area contributed by atoms with Gasteiger partial charge in [0.15, 0.2) is 8.07 Å². The molecular weight excluding hydrogens is 795 g/mol. The maximum atomic E-state index is 5.50. The Morgan fingerprint density at radius 2 is 0.781 bits per heavy atom. The van der Waals surface area contributed by atoms with Crippen molar-refractivity contribution in [1.82, 2.24) is 23.7 Å². The zero-order valence-electron chi connectivity index (χ0n) is 34.6. The van der Waals surface area contributed by atoms with Crippen LogP contribution in [0.3, 0.4) is 0 Å². The molecule has 298 valence electrons. The number of benzene rings is 9. The number of aromatic nitrogens is 5. The van der Waals surface area contributed by atoms with Crippen molar-refractivity contribution in [1.29, 1.82) is 0 Å². The van der Waals surface area contributed by atoms with E-state index in [0.29, 0.717) is 5.95 Å². The summed E-state index contributed by atoms with van der Waals surface area (Å²) in [4.78, 5) is 11.0. The van der Waals surface area contributed by atoms with Crippen molar-refractivity contribution < 1.29 is 0 Å². The van der Waals surface area contributed by atoms with Crippen LogP contribution in [0.4, 0.5) is 0 Å². The van der Waals surface area contributed by atoms with Crippen LogP contribution in [-0.2, 0) is 0 Å². The van der Waals surface area contributed by atoms with Crippen LogP contribution in [0.1, 0.15) is 0 Å². The highest BCUT2D eigenvalue weighted by Crippen LogP contribution is 2.37. The van der Waals surface area contributed by atoms with Gasteiger partial charge in [-0.3, -0.25) is 9.13 Å². The van der Waals surface area contributed by atoms with E-state index in [0.717, 1.165) is 39.1 Å². The summed E-state index contributed by atoms with van der Waals surface area (Å²) in [5, 5.41) is 12.8. The van der Waals surface area contributed by atoms with Gasteiger partial charge in [-0.2, -0.15) is 4.98 Å². The molecule has 14 rings (SSSR count). The summed E-state index contributed by atoms with van der Waals surface area (Å²) in [5.74, 6) is 1.45. The molecule has 1 unspecified atom stereocenters. The summed E-state index contributed by atoms with van der Waals surface area (Å²) in [5.41, 5.74) is 10.1. The van der Waals surface area contributed by atoms with E-state index < -0.39 is 8.07 Å². The van der Waals surface area contributed by atoms with E-state index in [-0.39, 0.29) is 0 Å². The van der Waals surface area contributed by atoms with E-state index >= 15 is 0 Å². The van der Waals surface area contributed by atoms with Crippen molar-refractivity contribution in [3.8, 4) is 28.7 Å². The van der Waals surface area contributed by atoms with Crippen LogP contribution in [0.15, 0.2) is 224 Å². The molecule has 4 aromatic heterocycles. The minimum atomic E-state index is -2.89. The number of rotatable bonds is 5. The zero-order valence-corrected chi connectivity index (χ0v) is 35.6. The molecule has 64 heavy (non-hydrogen) atoms. The SMILES string of the molecule is c1ccc([Si]2(c3ccc(-c4cc(-n5c6ccccc6c6ccccc65)nc(-n5c6ccccc6c6ccccc65)n4)cc3)c3ccccc3-n3c4ccccc4c4cccc2c43)cc1. The monoisotopic (exact) mass is 831 g/mol. The highest BCUT2D eigenvalue weighted by atomic mass is 28.3. The Kier molecular flexibility index (Phi) is 7.36. The van der Waals surface area contributed by atoms with Crippen LogP contribution < -0.4 is 20.7 Å². The molecule has 0 N–H and O–H groups in total. The van der Waals surface area contributed by atoms with Crippen molar-refractivity contribution in [3.05, 3.63) is 224 Å². The number of nitrogens with zero attached hydrogens (tertiary/aromatic N) is 5. The van der Waals surface area contributed by atoms with E-state index in [1.54, 1.807) is 0 Å². The predicted octanol–water partition coefficient (Wildman–Crippen LogP) is 11.1. The lowest BCUT2D eigenvalue weighted by Gasteiger charge is -2.39. The molecule has 6 heteroatoms. The van der Waals surface area contributed by atoms with Gasteiger partial charge in [-0.05, 0) is 57.1 Å². The van der Waals surface area contributed by atoms with Gasteiger partial charge >= 0.3 is 0 Å². The fourth-order valence-corrected chi connectivity index (χ4v) is 16.3. The zero-order chi connectivity index (χ0) is 41.9. The first-order valence-electron chi connectivity index (χ1n) is 21.9. The second-order valence-electron chi connectivity index (χ2n) is 16.9. The maximum absolute atomic E-state index is 5.50. The van der Waals surface area contributed by atoms with Crippen LogP contribution in [0, 0.1) is 0 Å². The van der Waals surface area contributed by atoms with Crippen molar-refractivity contribution in [2.24, 2.45) is 0 Å². The quantitative estimate of drug-likeness (QED) is 0.162. The highest BCUT2D eigenvalue weighted by Gasteiger charge is 2.47. The molecule has 1 aliphatic rings. The van der Waals surface area contributed by atoms with Gasteiger partial charge in [-0.15, -0.1) is 0 Å². The summed E-state index contributed by atoms with van der Waals surface area (Å²) in [7, 11) is -2.89. The van der Waals surface area contributed by atoms with Gasteiger partial charge in [-0.1, -0.05) is 182 Å². The molecule has 0 aliphatic carbocycles. The lowest BCUT2D eigenvalue weighted by molar-refractivity contribution is 0.952. The summed E-state index contributed by atoms with van der Waals surface area (Å²) in [6.45, 7) is 0. The third kappa shape index (κ3) is 4.72. The smallest absolute Gasteiger partial charge is 0.237 e. The van der Waals surface area contributed by atoms with Crippen molar-refractivity contribution in [3.63, 3.8) is 0 Å². The van der Waals surface area contributed by atoms with Gasteiger partial charge < -0.3 is 4.57 Å². The highest BCUT2D eigenvalue weighted by molar-refractivity contribution is 7.21. The number of para-hydroxylation sites is 7. The molecule has 5 nitrogen and oxygen atoms in total. The average Bonchev–Trinajstić information content (AvgIpc) is 4.01. The molecule has 13 aromatic rings. The van der Waals surface area contributed by atoms with E-state index in [2.05, 4.69) is 238 Å². The number of hydrogen-bond donors (Lipinski definition) is 0. The summed E-state index contributed by atoms with van der Waals surface area (Å²) in [6, 6.07) is 82.2. The number of hydrogen-bond acceptors (Lipinski definition) is 2. The minimum absolute atomic E-state index is 0.631. The van der Waals surface area contributed by atoms with Crippen LogP contribution in [0.5, 0.6) is 0 Å². The fourth-order valence-electron chi connectivity index (χ4n) is 11.2.